The molecule has 0 aliphatic carbocycles. The first-order valence-corrected chi connectivity index (χ1v) is 24.1. The predicted octanol–water partition coefficient (Wildman–Crippen LogP) is 18.3. The average Bonchev–Trinajstić information content (AvgIpc) is 3.27. The first kappa shape index (κ1) is 41.9. The Bertz CT molecular complexity index is 3150. The van der Waals surface area contributed by atoms with E-state index in [0.29, 0.717) is 13.2 Å². The van der Waals surface area contributed by atoms with Crippen LogP contribution in [0, 0.1) is 41.5 Å². The van der Waals surface area contributed by atoms with Gasteiger partial charge in [0, 0.05) is 21.5 Å². The number of benzene rings is 10. The zero-order chi connectivity index (χ0) is 44.2. The summed E-state index contributed by atoms with van der Waals surface area (Å²) in [6.45, 7) is 19.6. The van der Waals surface area contributed by atoms with Crippen molar-refractivity contribution in [1.82, 2.24) is 0 Å². The van der Waals surface area contributed by atoms with Gasteiger partial charge in [-0.2, -0.15) is 0 Å². The molecule has 0 atom stereocenters. The van der Waals surface area contributed by atoms with Crippen molar-refractivity contribution in [3.8, 4) is 33.8 Å². The third-order valence-electron chi connectivity index (χ3n) is 14.2. The average molecular weight is 839 g/mol. The van der Waals surface area contributed by atoms with Crippen molar-refractivity contribution in [2.75, 3.05) is 13.2 Å². The van der Waals surface area contributed by atoms with E-state index in [0.717, 1.165) is 24.3 Å². The van der Waals surface area contributed by atoms with Crippen molar-refractivity contribution in [3.05, 3.63) is 143 Å². The Morgan fingerprint density at radius 3 is 1.11 bits per heavy atom. The molecule has 10 aromatic carbocycles. The van der Waals surface area contributed by atoms with E-state index in [4.69, 9.17) is 9.47 Å². The first-order valence-electron chi connectivity index (χ1n) is 24.1. The van der Waals surface area contributed by atoms with Gasteiger partial charge in [-0.15, -0.1) is 0 Å². The number of unbranched alkanes of at least 4 members (excludes halogenated alkanes) is 6. The zero-order valence-electron chi connectivity index (χ0n) is 39.3. The molecule has 322 valence electrons. The van der Waals surface area contributed by atoms with Crippen LogP contribution in [0.3, 0.4) is 0 Å². The van der Waals surface area contributed by atoms with Crippen LogP contribution in [0.1, 0.15) is 98.6 Å². The molecule has 0 unspecified atom stereocenters. The third kappa shape index (κ3) is 6.93. The van der Waals surface area contributed by atoms with Gasteiger partial charge in [0.1, 0.15) is 11.5 Å². The van der Waals surface area contributed by atoms with E-state index in [9.17, 15) is 0 Å². The summed E-state index contributed by atoms with van der Waals surface area (Å²) in [5.41, 5.74) is 13.1. The van der Waals surface area contributed by atoms with Crippen LogP contribution in [0.25, 0.3) is 97.7 Å². The summed E-state index contributed by atoms with van der Waals surface area (Å²) in [5, 5.41) is 17.6. The van der Waals surface area contributed by atoms with Crippen molar-refractivity contribution in [3.63, 3.8) is 0 Å². The summed E-state index contributed by atoms with van der Waals surface area (Å²) in [7, 11) is 0. The highest BCUT2D eigenvalue weighted by Gasteiger charge is 2.26. The van der Waals surface area contributed by atoms with Crippen LogP contribution in [0.4, 0.5) is 0 Å². The first-order chi connectivity index (χ1) is 31.2. The molecule has 0 aliphatic heterocycles. The Kier molecular flexibility index (Phi) is 11.2. The standard InChI is InChI=1S/C62H62O2/c1-9-11-13-15-31-63-51-29-23-43-19-17-21-47-55(43)59(51)49-27-25-46-45(57(49)61(47)53-39(5)33-37(3)34-40(53)6)26-28-50-58(46)62(54-41(7)35-38(4)36-42(54)8)48-22-18-20-44-24-30-52(60(50)56(44)48)64-32-16-14-12-10-2/h17-30,33-36H,9-16,31-32H2,1-8H3. The normalized spacial score (nSPS) is 12.1. The van der Waals surface area contributed by atoms with Gasteiger partial charge in [-0.3, -0.25) is 0 Å². The topological polar surface area (TPSA) is 18.5 Å². The van der Waals surface area contributed by atoms with Crippen LogP contribution in [0.2, 0.25) is 0 Å². The predicted molar refractivity (Wildman–Crippen MR) is 279 cm³/mol. The number of hydrogen-bond acceptors (Lipinski definition) is 2. The lowest BCUT2D eigenvalue weighted by Crippen LogP contribution is -2.01. The van der Waals surface area contributed by atoms with Crippen LogP contribution in [0.5, 0.6) is 11.5 Å². The number of fused-ring (bicyclic) bond motifs is 7. The maximum Gasteiger partial charge on any atom is 0.127 e. The summed E-state index contributed by atoms with van der Waals surface area (Å²) in [4.78, 5) is 0. The van der Waals surface area contributed by atoms with E-state index in [-0.39, 0.29) is 0 Å². The molecule has 0 radical (unpaired) electrons. The van der Waals surface area contributed by atoms with Gasteiger partial charge in [-0.1, -0.05) is 161 Å². The summed E-state index contributed by atoms with van der Waals surface area (Å²) in [5.74, 6) is 1.96. The monoisotopic (exact) mass is 838 g/mol. The minimum absolute atomic E-state index is 0.714. The maximum atomic E-state index is 6.86. The Hall–Kier alpha value is -6.12. The van der Waals surface area contributed by atoms with Crippen molar-refractivity contribution in [1.29, 1.82) is 0 Å². The van der Waals surface area contributed by atoms with Crippen molar-refractivity contribution in [2.24, 2.45) is 0 Å². The van der Waals surface area contributed by atoms with Crippen molar-refractivity contribution < 1.29 is 9.47 Å². The SMILES string of the molecule is CCCCCCOc1ccc2cccc3c(-c4c(C)cc(C)cc4C)c4c5ccc6c(c(-c7c(C)cc(C)cc7C)c7cccc8ccc(OCCCCCC)c6c87)c5ccc4c1c23. The lowest BCUT2D eigenvalue weighted by molar-refractivity contribution is 0.308. The highest BCUT2D eigenvalue weighted by molar-refractivity contribution is 6.39. The van der Waals surface area contributed by atoms with Gasteiger partial charge in [-0.25, -0.2) is 0 Å². The summed E-state index contributed by atoms with van der Waals surface area (Å²) in [6.07, 6.45) is 9.36. The van der Waals surface area contributed by atoms with Gasteiger partial charge in [0.15, 0.2) is 0 Å². The molecule has 0 aromatic heterocycles. The van der Waals surface area contributed by atoms with Crippen LogP contribution in [-0.4, -0.2) is 13.2 Å². The Morgan fingerprint density at radius 2 is 0.719 bits per heavy atom. The summed E-state index contributed by atoms with van der Waals surface area (Å²) < 4.78 is 13.7. The fraction of sp³-hybridized carbons (Fsp3) is 0.290. The highest BCUT2D eigenvalue weighted by Crippen LogP contribution is 2.53. The third-order valence-corrected chi connectivity index (χ3v) is 14.2. The van der Waals surface area contributed by atoms with Crippen LogP contribution >= 0.6 is 0 Å². The summed E-state index contributed by atoms with van der Waals surface area (Å²) >= 11 is 0. The molecule has 0 saturated carbocycles. The second-order valence-corrected chi connectivity index (χ2v) is 18.9. The van der Waals surface area contributed by atoms with E-state index < -0.39 is 0 Å². The second kappa shape index (κ2) is 17.1. The van der Waals surface area contributed by atoms with Gasteiger partial charge in [0.25, 0.3) is 0 Å². The summed E-state index contributed by atoms with van der Waals surface area (Å²) in [6, 6.07) is 42.0. The number of hydrogen-bond donors (Lipinski definition) is 0. The zero-order valence-corrected chi connectivity index (χ0v) is 39.3. The van der Waals surface area contributed by atoms with E-state index in [1.54, 1.807) is 0 Å². The van der Waals surface area contributed by atoms with Crippen LogP contribution in [-0.2, 0) is 0 Å². The second-order valence-electron chi connectivity index (χ2n) is 18.9. The molecule has 10 aromatic rings. The minimum Gasteiger partial charge on any atom is -0.493 e. The van der Waals surface area contributed by atoms with Gasteiger partial charge < -0.3 is 9.47 Å². The Balaban J connectivity index is 1.40. The van der Waals surface area contributed by atoms with Crippen molar-refractivity contribution in [2.45, 2.75) is 107 Å². The molecule has 0 fully saturated rings. The van der Waals surface area contributed by atoms with E-state index in [1.165, 1.54) is 170 Å². The molecule has 0 heterocycles. The lowest BCUT2D eigenvalue weighted by Gasteiger charge is -2.24. The molecule has 0 amide bonds. The van der Waals surface area contributed by atoms with Crippen LogP contribution in [0.15, 0.2) is 109 Å². The molecule has 10 rings (SSSR count). The molecular formula is C62H62O2. The minimum atomic E-state index is 0.714. The van der Waals surface area contributed by atoms with Gasteiger partial charge in [0.2, 0.25) is 0 Å². The van der Waals surface area contributed by atoms with E-state index >= 15 is 0 Å². The highest BCUT2D eigenvalue weighted by atomic mass is 16.5. The Morgan fingerprint density at radius 1 is 0.328 bits per heavy atom. The number of aryl methyl sites for hydroxylation is 6. The van der Waals surface area contributed by atoms with E-state index in [1.807, 2.05) is 0 Å². The molecule has 64 heavy (non-hydrogen) atoms. The quantitative estimate of drug-likeness (QED) is 0.0617. The molecule has 0 saturated heterocycles. The molecular weight excluding hydrogens is 777 g/mol. The fourth-order valence-electron chi connectivity index (χ4n) is 11.6. The molecule has 2 heteroatoms. The van der Waals surface area contributed by atoms with Crippen molar-refractivity contribution >= 4 is 75.4 Å². The molecule has 2 nitrogen and oxygen atoms in total. The number of ether oxygens (including phenoxy) is 2. The lowest BCUT2D eigenvalue weighted by atomic mass is 9.79. The van der Waals surface area contributed by atoms with Gasteiger partial charge >= 0.3 is 0 Å². The van der Waals surface area contributed by atoms with Gasteiger partial charge in [-0.05, 0) is 165 Å². The largest absolute Gasteiger partial charge is 0.493 e. The molecule has 0 bridgehead atoms. The molecule has 0 N–H and O–H groups in total. The fourth-order valence-corrected chi connectivity index (χ4v) is 11.6. The number of rotatable bonds is 14. The maximum absolute atomic E-state index is 6.86. The Labute approximate surface area is 379 Å². The molecule has 0 aliphatic rings. The van der Waals surface area contributed by atoms with Gasteiger partial charge in [0.05, 0.1) is 13.2 Å². The smallest absolute Gasteiger partial charge is 0.127 e. The van der Waals surface area contributed by atoms with Crippen LogP contribution < -0.4 is 9.47 Å². The van der Waals surface area contributed by atoms with E-state index in [2.05, 4.69) is 165 Å². The molecule has 0 spiro atoms.